The zero-order valence-electron chi connectivity index (χ0n) is 15.6. The molecule has 7 nitrogen and oxygen atoms in total. The van der Waals surface area contributed by atoms with Crippen molar-refractivity contribution >= 4 is 21.4 Å². The standard InChI is InChI=1S/C20H20N4O3S/c1-14(16-6-4-5-7-18(16)28(3,26)27)13-22-20-23-17(12-19(25)24(20)2)15-8-10-21-11-9-15/h4-12H,1,13H2,2-3H3,(H,22,23). The van der Waals surface area contributed by atoms with Gasteiger partial charge in [-0.25, -0.2) is 13.4 Å². The van der Waals surface area contributed by atoms with Crippen LogP contribution in [-0.4, -0.2) is 35.8 Å². The second-order valence-corrected chi connectivity index (χ2v) is 8.31. The Morgan fingerprint density at radius 2 is 1.86 bits per heavy atom. The first-order valence-electron chi connectivity index (χ1n) is 8.47. The summed E-state index contributed by atoms with van der Waals surface area (Å²) in [5, 5.41) is 3.08. The van der Waals surface area contributed by atoms with Crippen LogP contribution in [0.15, 0.2) is 71.1 Å². The first-order chi connectivity index (χ1) is 13.3. The third-order valence-electron chi connectivity index (χ3n) is 4.24. The molecule has 0 saturated heterocycles. The van der Waals surface area contributed by atoms with Crippen molar-refractivity contribution in [1.29, 1.82) is 0 Å². The van der Waals surface area contributed by atoms with Crippen molar-refractivity contribution in [1.82, 2.24) is 14.5 Å². The van der Waals surface area contributed by atoms with Crippen LogP contribution in [-0.2, 0) is 16.9 Å². The number of hydrogen-bond acceptors (Lipinski definition) is 6. The summed E-state index contributed by atoms with van der Waals surface area (Å²) in [5.41, 5.74) is 2.19. The molecule has 28 heavy (non-hydrogen) atoms. The van der Waals surface area contributed by atoms with Crippen molar-refractivity contribution in [3.05, 3.63) is 77.4 Å². The van der Waals surface area contributed by atoms with E-state index in [1.54, 1.807) is 55.8 Å². The molecular weight excluding hydrogens is 376 g/mol. The number of benzene rings is 1. The number of sulfone groups is 1. The van der Waals surface area contributed by atoms with Crippen LogP contribution in [0.3, 0.4) is 0 Å². The molecule has 3 rings (SSSR count). The molecule has 0 atom stereocenters. The molecule has 0 bridgehead atoms. The van der Waals surface area contributed by atoms with Gasteiger partial charge in [-0.05, 0) is 29.3 Å². The molecule has 2 aromatic heterocycles. The Morgan fingerprint density at radius 1 is 1.18 bits per heavy atom. The van der Waals surface area contributed by atoms with Crippen LogP contribution in [0.5, 0.6) is 0 Å². The average Bonchev–Trinajstić information content (AvgIpc) is 2.68. The number of pyridine rings is 1. The van der Waals surface area contributed by atoms with E-state index < -0.39 is 9.84 Å². The summed E-state index contributed by atoms with van der Waals surface area (Å²) >= 11 is 0. The van der Waals surface area contributed by atoms with Gasteiger partial charge < -0.3 is 5.32 Å². The number of aromatic nitrogens is 3. The lowest BCUT2D eigenvalue weighted by molar-refractivity contribution is 0.601. The van der Waals surface area contributed by atoms with E-state index in [-0.39, 0.29) is 17.0 Å². The van der Waals surface area contributed by atoms with Gasteiger partial charge in [-0.1, -0.05) is 24.8 Å². The zero-order valence-corrected chi connectivity index (χ0v) is 16.4. The number of anilines is 1. The second-order valence-electron chi connectivity index (χ2n) is 6.32. The van der Waals surface area contributed by atoms with Crippen molar-refractivity contribution in [2.75, 3.05) is 18.1 Å². The van der Waals surface area contributed by atoms with Crippen molar-refractivity contribution in [3.8, 4) is 11.3 Å². The maximum absolute atomic E-state index is 12.3. The van der Waals surface area contributed by atoms with Crippen molar-refractivity contribution in [2.24, 2.45) is 7.05 Å². The third-order valence-corrected chi connectivity index (χ3v) is 5.39. The highest BCUT2D eigenvalue weighted by molar-refractivity contribution is 7.90. The van der Waals surface area contributed by atoms with Crippen LogP contribution in [0, 0.1) is 0 Å². The lowest BCUT2D eigenvalue weighted by Gasteiger charge is -2.14. The highest BCUT2D eigenvalue weighted by Crippen LogP contribution is 2.23. The molecule has 144 valence electrons. The monoisotopic (exact) mass is 396 g/mol. The van der Waals surface area contributed by atoms with Gasteiger partial charge in [0, 0.05) is 43.9 Å². The van der Waals surface area contributed by atoms with Crippen LogP contribution in [0.2, 0.25) is 0 Å². The van der Waals surface area contributed by atoms with E-state index >= 15 is 0 Å². The highest BCUT2D eigenvalue weighted by atomic mass is 32.2. The molecule has 0 fully saturated rings. The molecule has 1 aromatic carbocycles. The number of nitrogens with zero attached hydrogens (tertiary/aromatic N) is 3. The van der Waals surface area contributed by atoms with E-state index in [4.69, 9.17) is 0 Å². The zero-order chi connectivity index (χ0) is 20.3. The summed E-state index contributed by atoms with van der Waals surface area (Å²) in [6.45, 7) is 4.23. The molecular formula is C20H20N4O3S. The van der Waals surface area contributed by atoms with E-state index in [1.165, 1.54) is 10.6 Å². The Kier molecular flexibility index (Phi) is 5.41. The molecule has 0 aliphatic heterocycles. The average molecular weight is 396 g/mol. The minimum absolute atomic E-state index is 0.216. The third kappa shape index (κ3) is 4.17. The molecule has 3 aromatic rings. The lowest BCUT2D eigenvalue weighted by atomic mass is 10.1. The minimum Gasteiger partial charge on any atom is -0.351 e. The molecule has 2 heterocycles. The first kappa shape index (κ1) is 19.5. The van der Waals surface area contributed by atoms with Crippen LogP contribution in [0.25, 0.3) is 16.8 Å². The predicted octanol–water partition coefficient (Wildman–Crippen LogP) is 2.37. The molecule has 0 saturated carbocycles. The Bertz CT molecular complexity index is 1190. The van der Waals surface area contributed by atoms with Gasteiger partial charge in [0.2, 0.25) is 5.95 Å². The Morgan fingerprint density at radius 3 is 2.54 bits per heavy atom. The molecule has 0 aliphatic carbocycles. The van der Waals surface area contributed by atoms with E-state index in [1.807, 2.05) is 0 Å². The number of nitrogens with one attached hydrogen (secondary N) is 1. The topological polar surface area (TPSA) is 93.9 Å². The Hall–Kier alpha value is -3.26. The number of hydrogen-bond donors (Lipinski definition) is 1. The summed E-state index contributed by atoms with van der Waals surface area (Å²) in [7, 11) is -1.77. The van der Waals surface area contributed by atoms with Crippen LogP contribution in [0.4, 0.5) is 5.95 Å². The van der Waals surface area contributed by atoms with Crippen molar-refractivity contribution < 1.29 is 8.42 Å². The molecule has 0 spiro atoms. The van der Waals surface area contributed by atoms with Gasteiger partial charge in [-0.15, -0.1) is 0 Å². The van der Waals surface area contributed by atoms with Crippen LogP contribution >= 0.6 is 0 Å². The normalized spacial score (nSPS) is 11.2. The fourth-order valence-electron chi connectivity index (χ4n) is 2.73. The van der Waals surface area contributed by atoms with Crippen LogP contribution in [0.1, 0.15) is 5.56 Å². The maximum atomic E-state index is 12.3. The second kappa shape index (κ2) is 7.77. The largest absolute Gasteiger partial charge is 0.351 e. The van der Waals surface area contributed by atoms with E-state index in [0.717, 1.165) is 11.8 Å². The SMILES string of the molecule is C=C(CNc1nc(-c2ccncc2)cc(=O)n1C)c1ccccc1S(C)(=O)=O. The van der Waals surface area contributed by atoms with Gasteiger partial charge in [0.15, 0.2) is 9.84 Å². The summed E-state index contributed by atoms with van der Waals surface area (Å²) in [5.74, 6) is 0.359. The highest BCUT2D eigenvalue weighted by Gasteiger charge is 2.15. The van der Waals surface area contributed by atoms with Gasteiger partial charge in [0.25, 0.3) is 5.56 Å². The smallest absolute Gasteiger partial charge is 0.255 e. The van der Waals surface area contributed by atoms with Crippen LogP contribution < -0.4 is 10.9 Å². The summed E-state index contributed by atoms with van der Waals surface area (Å²) in [6, 6.07) is 11.7. The molecule has 0 aliphatic rings. The van der Waals surface area contributed by atoms with Gasteiger partial charge in [-0.2, -0.15) is 0 Å². The van der Waals surface area contributed by atoms with E-state index in [9.17, 15) is 13.2 Å². The van der Waals surface area contributed by atoms with Crippen molar-refractivity contribution in [3.63, 3.8) is 0 Å². The lowest BCUT2D eigenvalue weighted by Crippen LogP contribution is -2.22. The van der Waals surface area contributed by atoms with Gasteiger partial charge in [-0.3, -0.25) is 14.3 Å². The maximum Gasteiger partial charge on any atom is 0.255 e. The molecule has 0 radical (unpaired) electrons. The van der Waals surface area contributed by atoms with Crippen molar-refractivity contribution in [2.45, 2.75) is 4.90 Å². The fraction of sp³-hybridized carbons (Fsp3) is 0.150. The fourth-order valence-corrected chi connectivity index (χ4v) is 3.67. The molecule has 0 unspecified atom stereocenters. The predicted molar refractivity (Wildman–Crippen MR) is 110 cm³/mol. The van der Waals surface area contributed by atoms with Gasteiger partial charge in [0.05, 0.1) is 10.6 Å². The van der Waals surface area contributed by atoms with Gasteiger partial charge in [0.1, 0.15) is 0 Å². The summed E-state index contributed by atoms with van der Waals surface area (Å²) in [6.07, 6.45) is 4.42. The minimum atomic E-state index is -3.38. The van der Waals surface area contributed by atoms with E-state index in [2.05, 4.69) is 21.9 Å². The quantitative estimate of drug-likeness (QED) is 0.687. The molecule has 8 heteroatoms. The van der Waals surface area contributed by atoms with Gasteiger partial charge >= 0.3 is 0 Å². The summed E-state index contributed by atoms with van der Waals surface area (Å²) in [4.78, 5) is 21.0. The molecule has 1 N–H and O–H groups in total. The Labute approximate surface area is 163 Å². The van der Waals surface area contributed by atoms with E-state index in [0.29, 0.717) is 22.8 Å². The Balaban J connectivity index is 1.89. The summed E-state index contributed by atoms with van der Waals surface area (Å²) < 4.78 is 25.4. The molecule has 0 amide bonds. The first-order valence-corrected chi connectivity index (χ1v) is 10.4. The number of rotatable bonds is 6.